The fourth-order valence-electron chi connectivity index (χ4n) is 1.45. The smallest absolute Gasteiger partial charge is 0.119 e. The van der Waals surface area contributed by atoms with Gasteiger partial charge >= 0.3 is 0 Å². The Morgan fingerprint density at radius 2 is 2.00 bits per heavy atom. The van der Waals surface area contributed by atoms with Crippen LogP contribution < -0.4 is 4.74 Å². The summed E-state index contributed by atoms with van der Waals surface area (Å²) < 4.78 is 10.6. The summed E-state index contributed by atoms with van der Waals surface area (Å²) in [7, 11) is 1.73. The minimum Gasteiger partial charge on any atom is -0.494 e. The summed E-state index contributed by atoms with van der Waals surface area (Å²) in [4.78, 5) is 0. The van der Waals surface area contributed by atoms with Gasteiger partial charge < -0.3 is 9.47 Å². The molecule has 0 N–H and O–H groups in total. The predicted molar refractivity (Wildman–Crippen MR) is 67.8 cm³/mol. The Hall–Kier alpha value is -1.28. The number of rotatable bonds is 8. The van der Waals surface area contributed by atoms with Gasteiger partial charge in [0, 0.05) is 13.7 Å². The maximum Gasteiger partial charge on any atom is 0.119 e. The average Bonchev–Trinajstić information content (AvgIpc) is 2.34. The third kappa shape index (κ3) is 4.99. The predicted octanol–water partition coefficient (Wildman–Crippen LogP) is 3.53. The quantitative estimate of drug-likeness (QED) is 0.624. The van der Waals surface area contributed by atoms with Gasteiger partial charge in [0.2, 0.25) is 0 Å². The fourth-order valence-corrected chi connectivity index (χ4v) is 1.45. The first-order chi connectivity index (χ1) is 7.86. The molecule has 0 saturated heterocycles. The molecule has 1 rings (SSSR count). The lowest BCUT2D eigenvalue weighted by molar-refractivity contribution is 0.189. The van der Waals surface area contributed by atoms with E-state index in [9.17, 15) is 0 Å². The van der Waals surface area contributed by atoms with E-state index in [0.717, 1.165) is 43.8 Å². The molecule has 2 heteroatoms. The van der Waals surface area contributed by atoms with Gasteiger partial charge in [0.15, 0.2) is 0 Å². The minimum atomic E-state index is 0.768. The second-order valence-electron chi connectivity index (χ2n) is 3.68. The van der Waals surface area contributed by atoms with E-state index in [2.05, 4.69) is 6.58 Å². The number of ether oxygens (including phenoxy) is 2. The largest absolute Gasteiger partial charge is 0.494 e. The Balaban J connectivity index is 2.18. The molecule has 0 saturated carbocycles. The molecule has 0 aliphatic rings. The number of benzene rings is 1. The molecule has 1 aromatic carbocycles. The monoisotopic (exact) mass is 220 g/mol. The Kier molecular flexibility index (Phi) is 6.35. The number of unbranched alkanes of at least 4 members (excludes halogenated alkanes) is 2. The van der Waals surface area contributed by atoms with Crippen molar-refractivity contribution in [2.75, 3.05) is 20.3 Å². The topological polar surface area (TPSA) is 18.5 Å². The van der Waals surface area contributed by atoms with Crippen molar-refractivity contribution in [1.29, 1.82) is 0 Å². The standard InChI is InChI=1S/C14H20O2/c1-3-13-8-7-9-14(12-13)16-11-6-4-5-10-15-2/h3,7-9,12H,1,4-6,10-11H2,2H3. The molecule has 0 atom stereocenters. The van der Waals surface area contributed by atoms with Crippen LogP contribution in [-0.4, -0.2) is 20.3 Å². The van der Waals surface area contributed by atoms with Crippen LogP contribution in [0.5, 0.6) is 5.75 Å². The van der Waals surface area contributed by atoms with Crippen molar-refractivity contribution < 1.29 is 9.47 Å². The van der Waals surface area contributed by atoms with E-state index in [4.69, 9.17) is 9.47 Å². The molecule has 1 aromatic rings. The summed E-state index contributed by atoms with van der Waals surface area (Å²) in [5.74, 6) is 0.921. The van der Waals surface area contributed by atoms with Gasteiger partial charge in [0.1, 0.15) is 5.75 Å². The van der Waals surface area contributed by atoms with E-state index >= 15 is 0 Å². The molecule has 0 aliphatic carbocycles. The van der Waals surface area contributed by atoms with Gasteiger partial charge in [-0.25, -0.2) is 0 Å². The molecule has 0 radical (unpaired) electrons. The summed E-state index contributed by atoms with van der Waals surface area (Å²) in [6.45, 7) is 5.34. The third-order valence-corrected chi connectivity index (χ3v) is 2.36. The fraction of sp³-hybridized carbons (Fsp3) is 0.429. The molecule has 0 bridgehead atoms. The van der Waals surface area contributed by atoms with E-state index in [1.807, 2.05) is 30.3 Å². The van der Waals surface area contributed by atoms with Crippen molar-refractivity contribution in [3.05, 3.63) is 36.4 Å². The van der Waals surface area contributed by atoms with Gasteiger partial charge in [-0.15, -0.1) is 0 Å². The van der Waals surface area contributed by atoms with Crippen molar-refractivity contribution in [2.24, 2.45) is 0 Å². The summed E-state index contributed by atoms with van der Waals surface area (Å²) >= 11 is 0. The maximum absolute atomic E-state index is 5.64. The van der Waals surface area contributed by atoms with Crippen molar-refractivity contribution >= 4 is 6.08 Å². The number of methoxy groups -OCH3 is 1. The average molecular weight is 220 g/mol. The Bertz CT molecular complexity index is 307. The van der Waals surface area contributed by atoms with Gasteiger partial charge in [-0.05, 0) is 37.0 Å². The van der Waals surface area contributed by atoms with Crippen molar-refractivity contribution in [1.82, 2.24) is 0 Å². The van der Waals surface area contributed by atoms with Crippen molar-refractivity contribution in [2.45, 2.75) is 19.3 Å². The summed E-state index contributed by atoms with van der Waals surface area (Å²) in [6, 6.07) is 7.97. The molecule has 0 spiro atoms. The zero-order chi connectivity index (χ0) is 11.6. The summed E-state index contributed by atoms with van der Waals surface area (Å²) in [6.07, 6.45) is 5.15. The number of hydrogen-bond acceptors (Lipinski definition) is 2. The molecule has 88 valence electrons. The van der Waals surface area contributed by atoms with E-state index in [-0.39, 0.29) is 0 Å². The molecule has 2 nitrogen and oxygen atoms in total. The number of hydrogen-bond donors (Lipinski definition) is 0. The van der Waals surface area contributed by atoms with E-state index < -0.39 is 0 Å². The summed E-state index contributed by atoms with van der Waals surface area (Å²) in [5, 5.41) is 0. The lowest BCUT2D eigenvalue weighted by Crippen LogP contribution is -1.98. The molecular formula is C14H20O2. The highest BCUT2D eigenvalue weighted by Gasteiger charge is 1.94. The van der Waals surface area contributed by atoms with Gasteiger partial charge in [-0.3, -0.25) is 0 Å². The van der Waals surface area contributed by atoms with Crippen LogP contribution in [0.1, 0.15) is 24.8 Å². The van der Waals surface area contributed by atoms with Gasteiger partial charge in [-0.2, -0.15) is 0 Å². The zero-order valence-electron chi connectivity index (χ0n) is 9.95. The molecule has 16 heavy (non-hydrogen) atoms. The molecule has 0 amide bonds. The van der Waals surface area contributed by atoms with Gasteiger partial charge in [0.05, 0.1) is 6.61 Å². The lowest BCUT2D eigenvalue weighted by Gasteiger charge is -2.06. The normalized spacial score (nSPS) is 10.1. The van der Waals surface area contributed by atoms with Crippen LogP contribution >= 0.6 is 0 Å². The van der Waals surface area contributed by atoms with Crippen LogP contribution in [-0.2, 0) is 4.74 Å². The third-order valence-electron chi connectivity index (χ3n) is 2.36. The van der Waals surface area contributed by atoms with Crippen LogP contribution in [0.3, 0.4) is 0 Å². The Morgan fingerprint density at radius 3 is 2.75 bits per heavy atom. The second-order valence-corrected chi connectivity index (χ2v) is 3.68. The highest BCUT2D eigenvalue weighted by molar-refractivity contribution is 5.49. The SMILES string of the molecule is C=Cc1cccc(OCCCCCOC)c1. The molecule has 0 fully saturated rings. The first-order valence-electron chi connectivity index (χ1n) is 5.71. The molecule has 0 unspecified atom stereocenters. The van der Waals surface area contributed by atoms with Crippen LogP contribution in [0.15, 0.2) is 30.8 Å². The zero-order valence-corrected chi connectivity index (χ0v) is 9.95. The second kappa shape index (κ2) is 7.94. The van der Waals surface area contributed by atoms with Crippen LogP contribution in [0.2, 0.25) is 0 Å². The van der Waals surface area contributed by atoms with Crippen LogP contribution in [0.4, 0.5) is 0 Å². The minimum absolute atomic E-state index is 0.768. The maximum atomic E-state index is 5.64. The van der Waals surface area contributed by atoms with Gasteiger partial charge in [0.25, 0.3) is 0 Å². The summed E-state index contributed by atoms with van der Waals surface area (Å²) in [5.41, 5.74) is 1.09. The first kappa shape index (κ1) is 12.8. The molecular weight excluding hydrogens is 200 g/mol. The van der Waals surface area contributed by atoms with Crippen molar-refractivity contribution in [3.63, 3.8) is 0 Å². The molecule has 0 aliphatic heterocycles. The molecule has 0 heterocycles. The van der Waals surface area contributed by atoms with E-state index in [1.165, 1.54) is 0 Å². The lowest BCUT2D eigenvalue weighted by atomic mass is 10.2. The first-order valence-corrected chi connectivity index (χ1v) is 5.71. The Labute approximate surface area is 97.9 Å². The van der Waals surface area contributed by atoms with Gasteiger partial charge in [-0.1, -0.05) is 24.8 Å². The van der Waals surface area contributed by atoms with Crippen LogP contribution in [0, 0.1) is 0 Å². The molecule has 0 aromatic heterocycles. The highest BCUT2D eigenvalue weighted by atomic mass is 16.5. The van der Waals surface area contributed by atoms with Crippen molar-refractivity contribution in [3.8, 4) is 5.75 Å². The highest BCUT2D eigenvalue weighted by Crippen LogP contribution is 2.14. The van der Waals surface area contributed by atoms with Crippen LogP contribution in [0.25, 0.3) is 6.08 Å². The van der Waals surface area contributed by atoms with E-state index in [1.54, 1.807) is 7.11 Å². The Morgan fingerprint density at radius 1 is 1.19 bits per heavy atom. The van der Waals surface area contributed by atoms with E-state index in [0.29, 0.717) is 0 Å².